The molecule has 1 N–H and O–H groups in total. The molecule has 0 aliphatic heterocycles. The van der Waals surface area contributed by atoms with Crippen molar-refractivity contribution in [1.29, 1.82) is 5.26 Å². The van der Waals surface area contributed by atoms with Crippen molar-refractivity contribution in [2.75, 3.05) is 0 Å². The summed E-state index contributed by atoms with van der Waals surface area (Å²) in [6.45, 7) is 4.12. The first-order valence-electron chi connectivity index (χ1n) is 8.22. The first kappa shape index (κ1) is 15.9. The van der Waals surface area contributed by atoms with Gasteiger partial charge in [-0.25, -0.2) is 4.79 Å². The third-order valence-corrected chi connectivity index (χ3v) is 4.51. The van der Waals surface area contributed by atoms with Crippen molar-refractivity contribution in [2.24, 2.45) is 0 Å². The summed E-state index contributed by atoms with van der Waals surface area (Å²) in [5, 5.41) is 13.6. The molecule has 0 aliphatic rings. The number of rotatable bonds is 3. The average molecular weight is 344 g/mol. The van der Waals surface area contributed by atoms with E-state index in [0.29, 0.717) is 28.9 Å². The summed E-state index contributed by atoms with van der Waals surface area (Å²) in [7, 11) is 0. The maximum atomic E-state index is 12.5. The number of H-pyrrole nitrogens is 1. The maximum absolute atomic E-state index is 12.5. The van der Waals surface area contributed by atoms with Crippen LogP contribution in [-0.2, 0) is 6.54 Å². The van der Waals surface area contributed by atoms with Crippen LogP contribution < -0.4 is 5.69 Å². The molecule has 0 bridgehead atoms. The second-order valence-electron chi connectivity index (χ2n) is 6.23. The van der Waals surface area contributed by atoms with Gasteiger partial charge in [-0.1, -0.05) is 35.5 Å². The number of imidazole rings is 1. The van der Waals surface area contributed by atoms with Crippen LogP contribution in [0.1, 0.15) is 22.6 Å². The Morgan fingerprint density at radius 1 is 1.23 bits per heavy atom. The lowest BCUT2D eigenvalue weighted by atomic mass is 10.0. The third-order valence-electron chi connectivity index (χ3n) is 4.51. The van der Waals surface area contributed by atoms with E-state index in [1.165, 1.54) is 0 Å². The van der Waals surface area contributed by atoms with Gasteiger partial charge < -0.3 is 9.51 Å². The molecule has 0 atom stereocenters. The van der Waals surface area contributed by atoms with Gasteiger partial charge in [-0.15, -0.1) is 0 Å². The standard InChI is InChI=1S/C20H16N4O2/c1-12-18(13(2)26-23-12)15-8-16(10-21)19-17(9-15)24(20(25)22-19)11-14-6-4-3-5-7-14/h3-9H,11H2,1-2H3,(H,22,25). The van der Waals surface area contributed by atoms with Gasteiger partial charge in [-0.2, -0.15) is 5.26 Å². The molecular weight excluding hydrogens is 328 g/mol. The molecule has 0 saturated heterocycles. The minimum atomic E-state index is -0.240. The lowest BCUT2D eigenvalue weighted by Gasteiger charge is -2.07. The van der Waals surface area contributed by atoms with Crippen LogP contribution >= 0.6 is 0 Å². The van der Waals surface area contributed by atoms with E-state index in [4.69, 9.17) is 4.52 Å². The lowest BCUT2D eigenvalue weighted by molar-refractivity contribution is 0.393. The molecule has 0 spiro atoms. The Morgan fingerprint density at radius 3 is 2.65 bits per heavy atom. The van der Waals surface area contributed by atoms with Crippen LogP contribution in [0.4, 0.5) is 0 Å². The summed E-state index contributed by atoms with van der Waals surface area (Å²) in [6, 6.07) is 15.6. The fraction of sp³-hybridized carbons (Fsp3) is 0.150. The molecule has 6 heteroatoms. The average Bonchev–Trinajstić information content (AvgIpc) is 3.14. The van der Waals surface area contributed by atoms with E-state index < -0.39 is 0 Å². The van der Waals surface area contributed by atoms with Crippen molar-refractivity contribution < 1.29 is 4.52 Å². The van der Waals surface area contributed by atoms with Crippen LogP contribution in [0.15, 0.2) is 51.8 Å². The number of hydrogen-bond acceptors (Lipinski definition) is 4. The zero-order valence-electron chi connectivity index (χ0n) is 14.4. The largest absolute Gasteiger partial charge is 0.361 e. The molecule has 0 saturated carbocycles. The Morgan fingerprint density at radius 2 is 2.00 bits per heavy atom. The van der Waals surface area contributed by atoms with Crippen LogP contribution in [-0.4, -0.2) is 14.7 Å². The van der Waals surface area contributed by atoms with E-state index in [1.54, 1.807) is 10.6 Å². The molecular formula is C20H16N4O2. The Balaban J connectivity index is 1.97. The minimum absolute atomic E-state index is 0.240. The van der Waals surface area contributed by atoms with E-state index in [1.807, 2.05) is 50.2 Å². The van der Waals surface area contributed by atoms with Gasteiger partial charge in [0.15, 0.2) is 0 Å². The number of aromatic amines is 1. The maximum Gasteiger partial charge on any atom is 0.326 e. The molecule has 0 radical (unpaired) electrons. The molecule has 2 aromatic heterocycles. The molecule has 0 aliphatic carbocycles. The molecule has 0 fully saturated rings. The second kappa shape index (κ2) is 6.05. The number of aryl methyl sites for hydroxylation is 2. The molecule has 0 amide bonds. The first-order chi connectivity index (χ1) is 12.6. The van der Waals surface area contributed by atoms with Crippen LogP contribution in [0.3, 0.4) is 0 Å². The highest BCUT2D eigenvalue weighted by Gasteiger charge is 2.17. The number of benzene rings is 2. The van der Waals surface area contributed by atoms with Crippen molar-refractivity contribution >= 4 is 11.0 Å². The lowest BCUT2D eigenvalue weighted by Crippen LogP contribution is -2.17. The van der Waals surface area contributed by atoms with E-state index in [0.717, 1.165) is 22.4 Å². The molecule has 2 heterocycles. The second-order valence-corrected chi connectivity index (χ2v) is 6.23. The van der Waals surface area contributed by atoms with Crippen molar-refractivity contribution in [3.63, 3.8) is 0 Å². The Kier molecular flexibility index (Phi) is 3.70. The van der Waals surface area contributed by atoms with Crippen molar-refractivity contribution in [2.45, 2.75) is 20.4 Å². The first-order valence-corrected chi connectivity index (χ1v) is 8.22. The highest BCUT2D eigenvalue weighted by molar-refractivity contribution is 5.88. The van der Waals surface area contributed by atoms with Gasteiger partial charge in [0.2, 0.25) is 0 Å². The summed E-state index contributed by atoms with van der Waals surface area (Å²) >= 11 is 0. The fourth-order valence-corrected chi connectivity index (χ4v) is 3.31. The molecule has 6 nitrogen and oxygen atoms in total. The number of aromatic nitrogens is 3. The van der Waals surface area contributed by atoms with Crippen molar-refractivity contribution in [3.8, 4) is 17.2 Å². The monoisotopic (exact) mass is 344 g/mol. The van der Waals surface area contributed by atoms with Gasteiger partial charge in [-0.3, -0.25) is 4.57 Å². The molecule has 4 aromatic rings. The van der Waals surface area contributed by atoms with E-state index in [9.17, 15) is 10.1 Å². The summed E-state index contributed by atoms with van der Waals surface area (Å²) in [5.74, 6) is 0.679. The highest BCUT2D eigenvalue weighted by Crippen LogP contribution is 2.31. The van der Waals surface area contributed by atoms with Gasteiger partial charge in [0.1, 0.15) is 11.8 Å². The zero-order valence-corrected chi connectivity index (χ0v) is 14.4. The van der Waals surface area contributed by atoms with Crippen molar-refractivity contribution in [3.05, 3.63) is 75.5 Å². The van der Waals surface area contributed by atoms with Crippen LogP contribution in [0.2, 0.25) is 0 Å². The Bertz CT molecular complexity index is 1190. The minimum Gasteiger partial charge on any atom is -0.361 e. The molecule has 2 aromatic carbocycles. The molecule has 128 valence electrons. The predicted molar refractivity (Wildman–Crippen MR) is 97.8 cm³/mol. The normalized spacial score (nSPS) is 11.0. The molecule has 0 unspecified atom stereocenters. The fourth-order valence-electron chi connectivity index (χ4n) is 3.31. The smallest absolute Gasteiger partial charge is 0.326 e. The van der Waals surface area contributed by atoms with Crippen LogP contribution in [0.5, 0.6) is 0 Å². The van der Waals surface area contributed by atoms with E-state index in [-0.39, 0.29) is 5.69 Å². The summed E-state index contributed by atoms with van der Waals surface area (Å²) in [5.41, 5.74) is 4.83. The van der Waals surface area contributed by atoms with Crippen molar-refractivity contribution in [1.82, 2.24) is 14.7 Å². The van der Waals surface area contributed by atoms with Crippen LogP contribution in [0, 0.1) is 25.2 Å². The number of fused-ring (bicyclic) bond motifs is 1. The Labute approximate surface area is 149 Å². The molecule has 26 heavy (non-hydrogen) atoms. The molecule has 4 rings (SSSR count). The predicted octanol–water partition coefficient (Wildman–Crippen LogP) is 3.52. The van der Waals surface area contributed by atoms with Gasteiger partial charge in [-0.05, 0) is 37.1 Å². The summed E-state index contributed by atoms with van der Waals surface area (Å²) in [4.78, 5) is 15.3. The van der Waals surface area contributed by atoms with Gasteiger partial charge >= 0.3 is 5.69 Å². The van der Waals surface area contributed by atoms with E-state index in [2.05, 4.69) is 16.2 Å². The Hall–Kier alpha value is -3.59. The SMILES string of the molecule is Cc1noc(C)c1-c1cc(C#N)c2[nH]c(=O)n(Cc3ccccc3)c2c1. The number of nitrogens with zero attached hydrogens (tertiary/aromatic N) is 3. The summed E-state index contributed by atoms with van der Waals surface area (Å²) in [6.07, 6.45) is 0. The summed E-state index contributed by atoms with van der Waals surface area (Å²) < 4.78 is 6.90. The number of nitriles is 1. The van der Waals surface area contributed by atoms with Gasteiger partial charge in [0.25, 0.3) is 0 Å². The van der Waals surface area contributed by atoms with Crippen LogP contribution in [0.25, 0.3) is 22.2 Å². The third kappa shape index (κ3) is 2.50. The number of nitrogens with one attached hydrogen (secondary N) is 1. The quantitative estimate of drug-likeness (QED) is 0.616. The zero-order chi connectivity index (χ0) is 18.3. The van der Waals surface area contributed by atoms with Gasteiger partial charge in [0.05, 0.1) is 28.8 Å². The topological polar surface area (TPSA) is 87.6 Å². The van der Waals surface area contributed by atoms with Gasteiger partial charge in [0, 0.05) is 5.56 Å². The van der Waals surface area contributed by atoms with E-state index >= 15 is 0 Å². The number of hydrogen-bond donors (Lipinski definition) is 1. The highest BCUT2D eigenvalue weighted by atomic mass is 16.5.